The first kappa shape index (κ1) is 21.6. The van der Waals surface area contributed by atoms with Crippen molar-refractivity contribution in [2.45, 2.75) is 58.9 Å². The minimum absolute atomic E-state index is 0.0550. The van der Waals surface area contributed by atoms with Crippen molar-refractivity contribution in [3.63, 3.8) is 0 Å². The number of hydrogen-bond donors (Lipinski definition) is 1. The Labute approximate surface area is 172 Å². The predicted octanol–water partition coefficient (Wildman–Crippen LogP) is 4.16. The van der Waals surface area contributed by atoms with Gasteiger partial charge in [0.15, 0.2) is 0 Å². The van der Waals surface area contributed by atoms with Crippen LogP contribution in [0.4, 0.5) is 11.4 Å². The zero-order valence-corrected chi connectivity index (χ0v) is 17.8. The molecule has 0 bridgehead atoms. The maximum atomic E-state index is 13.1. The Balaban J connectivity index is 1.72. The summed E-state index contributed by atoms with van der Waals surface area (Å²) < 4.78 is 5.40. The van der Waals surface area contributed by atoms with E-state index in [2.05, 4.69) is 31.0 Å². The number of hydrogen-bond acceptors (Lipinski definition) is 5. The monoisotopic (exact) mass is 403 g/mol. The summed E-state index contributed by atoms with van der Waals surface area (Å²) in [4.78, 5) is 26.0. The van der Waals surface area contributed by atoms with E-state index in [1.165, 1.54) is 12.1 Å². The van der Waals surface area contributed by atoms with Gasteiger partial charge >= 0.3 is 0 Å². The standard InChI is InChI=1S/C22H33N3O4/c1-4-22(2,3)16-5-7-17(8-6-16)23-21(26)19-15-18(25(27)28)9-10-20(19)24-11-13-29-14-12-24/h9-10,15-17H,4-8,11-14H2,1-3H3,(H,23,26). The molecule has 1 amide bonds. The Morgan fingerprint density at radius 3 is 2.48 bits per heavy atom. The van der Waals surface area contributed by atoms with E-state index in [0.717, 1.165) is 37.8 Å². The molecule has 160 valence electrons. The van der Waals surface area contributed by atoms with Gasteiger partial charge in [0.05, 0.1) is 29.4 Å². The second-order valence-corrected chi connectivity index (χ2v) is 8.92. The molecule has 2 aliphatic rings. The van der Waals surface area contributed by atoms with Crippen molar-refractivity contribution >= 4 is 17.3 Å². The van der Waals surface area contributed by atoms with Crippen LogP contribution >= 0.6 is 0 Å². The molecule has 1 aromatic rings. The van der Waals surface area contributed by atoms with Crippen LogP contribution in [0.25, 0.3) is 0 Å². The number of nitro groups is 1. The number of carbonyl (C=O) groups excluding carboxylic acids is 1. The summed E-state index contributed by atoms with van der Waals surface area (Å²) in [6.45, 7) is 9.43. The Bertz CT molecular complexity index is 736. The second-order valence-electron chi connectivity index (χ2n) is 8.92. The van der Waals surface area contributed by atoms with Crippen molar-refractivity contribution in [2.75, 3.05) is 31.2 Å². The van der Waals surface area contributed by atoms with Gasteiger partial charge in [-0.05, 0) is 43.1 Å². The maximum Gasteiger partial charge on any atom is 0.270 e. The van der Waals surface area contributed by atoms with E-state index in [-0.39, 0.29) is 17.6 Å². The SMILES string of the molecule is CCC(C)(C)C1CCC(NC(=O)c2cc([N+](=O)[O-])ccc2N2CCOCC2)CC1. The fourth-order valence-electron chi connectivity index (χ4n) is 4.47. The number of nitrogens with zero attached hydrogens (tertiary/aromatic N) is 2. The summed E-state index contributed by atoms with van der Waals surface area (Å²) in [5.41, 5.74) is 1.41. The lowest BCUT2D eigenvalue weighted by atomic mass is 9.69. The van der Waals surface area contributed by atoms with Crippen LogP contribution in [0.15, 0.2) is 18.2 Å². The first-order chi connectivity index (χ1) is 13.8. The Morgan fingerprint density at radius 2 is 1.90 bits per heavy atom. The second kappa shape index (κ2) is 9.11. The Morgan fingerprint density at radius 1 is 1.24 bits per heavy atom. The molecule has 1 saturated carbocycles. The number of nitro benzene ring substituents is 1. The predicted molar refractivity (Wildman–Crippen MR) is 113 cm³/mol. The summed E-state index contributed by atoms with van der Waals surface area (Å²) >= 11 is 0. The molecule has 2 fully saturated rings. The lowest BCUT2D eigenvalue weighted by molar-refractivity contribution is -0.384. The normalized spacial score (nSPS) is 22.9. The van der Waals surface area contributed by atoms with Crippen molar-refractivity contribution in [1.82, 2.24) is 5.32 Å². The van der Waals surface area contributed by atoms with Crippen LogP contribution in [-0.2, 0) is 4.74 Å². The van der Waals surface area contributed by atoms with Gasteiger partial charge in [0.2, 0.25) is 0 Å². The van der Waals surface area contributed by atoms with E-state index in [1.54, 1.807) is 6.07 Å². The number of ether oxygens (including phenoxy) is 1. The average Bonchev–Trinajstić information content (AvgIpc) is 2.74. The first-order valence-corrected chi connectivity index (χ1v) is 10.7. The third-order valence-electron chi connectivity index (χ3n) is 6.87. The van der Waals surface area contributed by atoms with E-state index in [4.69, 9.17) is 4.74 Å². The van der Waals surface area contributed by atoms with Crippen molar-refractivity contribution in [1.29, 1.82) is 0 Å². The molecule has 7 nitrogen and oxygen atoms in total. The van der Waals surface area contributed by atoms with E-state index in [0.29, 0.717) is 43.2 Å². The third kappa shape index (κ3) is 5.07. The molecule has 0 radical (unpaired) electrons. The number of non-ortho nitro benzene ring substituents is 1. The molecule has 29 heavy (non-hydrogen) atoms. The number of amides is 1. The third-order valence-corrected chi connectivity index (χ3v) is 6.87. The lowest BCUT2D eigenvalue weighted by Crippen LogP contribution is -2.41. The van der Waals surface area contributed by atoms with Crippen LogP contribution < -0.4 is 10.2 Å². The Hall–Kier alpha value is -2.15. The molecule has 0 atom stereocenters. The molecule has 0 unspecified atom stereocenters. The molecule has 7 heteroatoms. The summed E-state index contributed by atoms with van der Waals surface area (Å²) in [6.07, 6.45) is 5.29. The molecule has 1 heterocycles. The van der Waals surface area contributed by atoms with Crippen LogP contribution in [-0.4, -0.2) is 43.2 Å². The minimum atomic E-state index is -0.447. The molecule has 1 saturated heterocycles. The average molecular weight is 404 g/mol. The van der Waals surface area contributed by atoms with Crippen LogP contribution in [0.2, 0.25) is 0 Å². The zero-order valence-electron chi connectivity index (χ0n) is 17.8. The largest absolute Gasteiger partial charge is 0.378 e. The molecule has 0 aromatic heterocycles. The number of morpholine rings is 1. The van der Waals surface area contributed by atoms with Gasteiger partial charge in [-0.1, -0.05) is 27.2 Å². The molecule has 1 N–H and O–H groups in total. The number of rotatable bonds is 6. The van der Waals surface area contributed by atoms with E-state index in [1.807, 2.05) is 0 Å². The number of benzene rings is 1. The number of nitrogens with one attached hydrogen (secondary N) is 1. The summed E-state index contributed by atoms with van der Waals surface area (Å²) in [6, 6.07) is 4.70. The molecular weight excluding hydrogens is 370 g/mol. The van der Waals surface area contributed by atoms with Crippen LogP contribution in [0.3, 0.4) is 0 Å². The van der Waals surface area contributed by atoms with Gasteiger partial charge in [-0.2, -0.15) is 0 Å². The van der Waals surface area contributed by atoms with Gasteiger partial charge < -0.3 is 15.0 Å². The minimum Gasteiger partial charge on any atom is -0.378 e. The summed E-state index contributed by atoms with van der Waals surface area (Å²) in [5.74, 6) is 0.468. The van der Waals surface area contributed by atoms with Gasteiger partial charge in [-0.25, -0.2) is 0 Å². The summed E-state index contributed by atoms with van der Waals surface area (Å²) in [7, 11) is 0. The highest BCUT2D eigenvalue weighted by Crippen LogP contribution is 2.40. The molecular formula is C22H33N3O4. The highest BCUT2D eigenvalue weighted by molar-refractivity contribution is 6.00. The number of anilines is 1. The van der Waals surface area contributed by atoms with E-state index < -0.39 is 4.92 Å². The molecule has 3 rings (SSSR count). The molecule has 1 aliphatic heterocycles. The number of carbonyl (C=O) groups is 1. The quantitative estimate of drug-likeness (QED) is 0.569. The van der Waals surface area contributed by atoms with Crippen LogP contribution in [0.5, 0.6) is 0 Å². The van der Waals surface area contributed by atoms with Crippen molar-refractivity contribution < 1.29 is 14.5 Å². The van der Waals surface area contributed by atoms with Gasteiger partial charge in [0.1, 0.15) is 0 Å². The van der Waals surface area contributed by atoms with Gasteiger partial charge in [0.25, 0.3) is 11.6 Å². The fraction of sp³-hybridized carbons (Fsp3) is 0.682. The van der Waals surface area contributed by atoms with Crippen LogP contribution in [0, 0.1) is 21.4 Å². The zero-order chi connectivity index (χ0) is 21.0. The van der Waals surface area contributed by atoms with Crippen molar-refractivity contribution in [3.05, 3.63) is 33.9 Å². The highest BCUT2D eigenvalue weighted by atomic mass is 16.6. The maximum absolute atomic E-state index is 13.1. The lowest BCUT2D eigenvalue weighted by Gasteiger charge is -2.39. The Kier molecular flexibility index (Phi) is 6.77. The van der Waals surface area contributed by atoms with E-state index in [9.17, 15) is 14.9 Å². The van der Waals surface area contributed by atoms with Crippen molar-refractivity contribution in [2.24, 2.45) is 11.3 Å². The molecule has 1 aromatic carbocycles. The highest BCUT2D eigenvalue weighted by Gasteiger charge is 2.33. The topological polar surface area (TPSA) is 84.7 Å². The van der Waals surface area contributed by atoms with Gasteiger partial charge in [0, 0.05) is 31.3 Å². The van der Waals surface area contributed by atoms with E-state index >= 15 is 0 Å². The summed E-state index contributed by atoms with van der Waals surface area (Å²) in [5, 5.41) is 14.4. The fourth-order valence-corrected chi connectivity index (χ4v) is 4.47. The first-order valence-electron chi connectivity index (χ1n) is 10.7. The van der Waals surface area contributed by atoms with Crippen LogP contribution in [0.1, 0.15) is 63.2 Å². The smallest absolute Gasteiger partial charge is 0.270 e. The van der Waals surface area contributed by atoms with Gasteiger partial charge in [-0.15, -0.1) is 0 Å². The van der Waals surface area contributed by atoms with Crippen molar-refractivity contribution in [3.8, 4) is 0 Å². The molecule has 1 aliphatic carbocycles. The van der Waals surface area contributed by atoms with Gasteiger partial charge in [-0.3, -0.25) is 14.9 Å². The molecule has 0 spiro atoms.